The molecule has 1 N–H and O–H groups in total. The number of halogens is 2. The van der Waals surface area contributed by atoms with Crippen molar-refractivity contribution in [1.29, 1.82) is 0 Å². The van der Waals surface area contributed by atoms with Crippen LogP contribution in [-0.4, -0.2) is 25.7 Å². The van der Waals surface area contributed by atoms with E-state index in [2.05, 4.69) is 47.4 Å². The summed E-state index contributed by atoms with van der Waals surface area (Å²) >= 11 is 8.34. The number of rotatable bonds is 4. The average Bonchev–Trinajstić information content (AvgIpc) is 3.54. The van der Waals surface area contributed by atoms with Crippen molar-refractivity contribution in [2.24, 2.45) is 0 Å². The zero-order valence-electron chi connectivity index (χ0n) is 18.1. The Morgan fingerprint density at radius 3 is 2.61 bits per heavy atom. The van der Waals surface area contributed by atoms with Crippen LogP contribution in [-0.2, 0) is 0 Å². The summed E-state index contributed by atoms with van der Waals surface area (Å²) in [6.07, 6.45) is 0. The number of fused-ring (bicyclic) bond motifs is 2. The number of anilines is 1. The summed E-state index contributed by atoms with van der Waals surface area (Å²) in [5.74, 6) is 0.123. The standard InChI is InChI=1S/C25H13Br2N5O3S/c26-15-10-14-11-17(25(34)35-22(14)18(27)12-15)24(33)28-16-5-3-13(4-6-16)19-7-8-21-29-30-23(32(21)31-19)20-2-1-9-36-20/h1-12H,(H,28,33). The first kappa shape index (κ1) is 22.8. The van der Waals surface area contributed by atoms with Gasteiger partial charge in [-0.2, -0.15) is 9.61 Å². The van der Waals surface area contributed by atoms with E-state index >= 15 is 0 Å². The fourth-order valence-corrected chi connectivity index (χ4v) is 5.77. The van der Waals surface area contributed by atoms with Gasteiger partial charge in [0.15, 0.2) is 17.1 Å². The minimum Gasteiger partial charge on any atom is -0.421 e. The smallest absolute Gasteiger partial charge is 0.349 e. The fourth-order valence-electron chi connectivity index (χ4n) is 3.74. The molecule has 0 unspecified atom stereocenters. The Morgan fingerprint density at radius 2 is 1.83 bits per heavy atom. The van der Waals surface area contributed by atoms with Gasteiger partial charge in [-0.25, -0.2) is 4.79 Å². The van der Waals surface area contributed by atoms with E-state index in [0.717, 1.165) is 20.6 Å². The van der Waals surface area contributed by atoms with E-state index in [1.807, 2.05) is 41.8 Å². The zero-order valence-corrected chi connectivity index (χ0v) is 22.1. The Hall–Kier alpha value is -3.67. The van der Waals surface area contributed by atoms with Crippen molar-refractivity contribution in [3.05, 3.63) is 97.0 Å². The Bertz CT molecular complexity index is 1830. The van der Waals surface area contributed by atoms with Crippen molar-refractivity contribution < 1.29 is 9.21 Å². The number of hydrogen-bond donors (Lipinski definition) is 1. The van der Waals surface area contributed by atoms with E-state index in [1.165, 1.54) is 6.07 Å². The second-order valence-corrected chi connectivity index (χ2v) is 10.5. The van der Waals surface area contributed by atoms with Crippen LogP contribution in [0.4, 0.5) is 5.69 Å². The van der Waals surface area contributed by atoms with Crippen molar-refractivity contribution in [2.45, 2.75) is 0 Å². The quantitative estimate of drug-likeness (QED) is 0.228. The molecule has 4 aromatic heterocycles. The van der Waals surface area contributed by atoms with Gasteiger partial charge in [0, 0.05) is 21.1 Å². The highest BCUT2D eigenvalue weighted by atomic mass is 79.9. The van der Waals surface area contributed by atoms with Gasteiger partial charge in [-0.15, -0.1) is 21.5 Å². The summed E-state index contributed by atoms with van der Waals surface area (Å²) in [6, 6.07) is 19.9. The van der Waals surface area contributed by atoms with Crippen LogP contribution in [0.3, 0.4) is 0 Å². The molecule has 0 aliphatic carbocycles. The first-order valence-corrected chi connectivity index (χ1v) is 13.0. The van der Waals surface area contributed by atoms with Crippen molar-refractivity contribution >= 4 is 71.4 Å². The van der Waals surface area contributed by atoms with Gasteiger partial charge in [0.1, 0.15) is 5.56 Å². The van der Waals surface area contributed by atoms with Crippen LogP contribution in [0.2, 0.25) is 0 Å². The molecule has 1 amide bonds. The van der Waals surface area contributed by atoms with Crippen LogP contribution < -0.4 is 10.9 Å². The monoisotopic (exact) mass is 621 g/mol. The molecule has 0 bridgehead atoms. The molecule has 6 rings (SSSR count). The van der Waals surface area contributed by atoms with Gasteiger partial charge in [0.2, 0.25) is 0 Å². The minimum absolute atomic E-state index is 0.0857. The first-order chi connectivity index (χ1) is 17.5. The largest absolute Gasteiger partial charge is 0.421 e. The summed E-state index contributed by atoms with van der Waals surface area (Å²) in [4.78, 5) is 26.3. The topological polar surface area (TPSA) is 102 Å². The number of nitrogens with one attached hydrogen (secondary N) is 1. The van der Waals surface area contributed by atoms with Crippen LogP contribution in [0.25, 0.3) is 38.6 Å². The molecule has 0 aliphatic rings. The summed E-state index contributed by atoms with van der Waals surface area (Å²) in [5, 5.41) is 18.5. The highest BCUT2D eigenvalue weighted by Gasteiger charge is 2.16. The van der Waals surface area contributed by atoms with E-state index in [0.29, 0.717) is 32.6 Å². The second-order valence-electron chi connectivity index (χ2n) is 7.77. The van der Waals surface area contributed by atoms with Gasteiger partial charge in [-0.3, -0.25) is 4.79 Å². The van der Waals surface area contributed by atoms with Crippen LogP contribution in [0.15, 0.2) is 90.3 Å². The normalized spacial score (nSPS) is 11.3. The number of benzene rings is 2. The predicted molar refractivity (Wildman–Crippen MR) is 145 cm³/mol. The number of nitrogens with zero attached hydrogens (tertiary/aromatic N) is 4. The van der Waals surface area contributed by atoms with Crippen molar-refractivity contribution in [3.8, 4) is 22.0 Å². The van der Waals surface area contributed by atoms with Gasteiger partial charge in [-0.1, -0.05) is 34.1 Å². The SMILES string of the molecule is O=C(Nc1ccc(-c2ccc3nnc(-c4cccs4)n3n2)cc1)c1cc2cc(Br)cc(Br)c2oc1=O. The molecule has 0 fully saturated rings. The molecule has 0 atom stereocenters. The zero-order chi connectivity index (χ0) is 24.8. The maximum Gasteiger partial charge on any atom is 0.349 e. The number of aromatic nitrogens is 4. The predicted octanol–water partition coefficient (Wildman–Crippen LogP) is 6.40. The van der Waals surface area contributed by atoms with Crippen LogP contribution >= 0.6 is 43.2 Å². The van der Waals surface area contributed by atoms with Gasteiger partial charge in [0.05, 0.1) is 15.0 Å². The molecule has 36 heavy (non-hydrogen) atoms. The lowest BCUT2D eigenvalue weighted by atomic mass is 10.1. The van der Waals surface area contributed by atoms with E-state index in [4.69, 9.17) is 9.52 Å². The third-order valence-electron chi connectivity index (χ3n) is 5.44. The summed E-state index contributed by atoms with van der Waals surface area (Å²) in [5.41, 5.74) is 2.33. The van der Waals surface area contributed by atoms with Crippen LogP contribution in [0.1, 0.15) is 10.4 Å². The van der Waals surface area contributed by atoms with Gasteiger partial charge in [0.25, 0.3) is 5.91 Å². The Balaban J connectivity index is 1.27. The Labute approximate surface area is 223 Å². The number of thiophene rings is 1. The van der Waals surface area contributed by atoms with Gasteiger partial charge in [-0.05, 0) is 69.8 Å². The van der Waals surface area contributed by atoms with Crippen molar-refractivity contribution in [2.75, 3.05) is 5.32 Å². The molecule has 0 spiro atoms. The number of carbonyl (C=O) groups is 1. The van der Waals surface area contributed by atoms with Gasteiger partial charge >= 0.3 is 5.63 Å². The lowest BCUT2D eigenvalue weighted by Gasteiger charge is -2.08. The molecule has 0 saturated heterocycles. The highest BCUT2D eigenvalue weighted by Crippen LogP contribution is 2.29. The molecule has 11 heteroatoms. The fraction of sp³-hybridized carbons (Fsp3) is 0. The van der Waals surface area contributed by atoms with Crippen molar-refractivity contribution in [1.82, 2.24) is 19.8 Å². The molecule has 6 aromatic rings. The van der Waals surface area contributed by atoms with E-state index in [9.17, 15) is 9.59 Å². The Morgan fingerprint density at radius 1 is 1.00 bits per heavy atom. The number of carbonyl (C=O) groups excluding carboxylic acids is 1. The third kappa shape index (κ3) is 4.15. The maximum absolute atomic E-state index is 12.8. The van der Waals surface area contributed by atoms with E-state index < -0.39 is 11.5 Å². The van der Waals surface area contributed by atoms with Crippen LogP contribution in [0, 0.1) is 0 Å². The van der Waals surface area contributed by atoms with Gasteiger partial charge < -0.3 is 9.73 Å². The molecule has 0 saturated carbocycles. The van der Waals surface area contributed by atoms with Crippen molar-refractivity contribution in [3.63, 3.8) is 0 Å². The molecule has 4 heterocycles. The summed E-state index contributed by atoms with van der Waals surface area (Å²) in [6.45, 7) is 0. The molecule has 0 radical (unpaired) electrons. The molecule has 176 valence electrons. The third-order valence-corrected chi connectivity index (χ3v) is 7.35. The van der Waals surface area contributed by atoms with E-state index in [1.54, 1.807) is 40.1 Å². The minimum atomic E-state index is -0.715. The summed E-state index contributed by atoms with van der Waals surface area (Å²) in [7, 11) is 0. The van der Waals surface area contributed by atoms with E-state index in [-0.39, 0.29) is 5.56 Å². The Kier molecular flexibility index (Phi) is 5.75. The molecule has 2 aromatic carbocycles. The molecule has 0 aliphatic heterocycles. The van der Waals surface area contributed by atoms with Crippen LogP contribution in [0.5, 0.6) is 0 Å². The lowest BCUT2D eigenvalue weighted by Crippen LogP contribution is -2.20. The lowest BCUT2D eigenvalue weighted by molar-refractivity contribution is 0.102. The first-order valence-electron chi connectivity index (χ1n) is 10.6. The highest BCUT2D eigenvalue weighted by molar-refractivity contribution is 9.11. The molecular formula is C25H13Br2N5O3S. The summed E-state index contributed by atoms with van der Waals surface area (Å²) < 4.78 is 8.50. The second kappa shape index (κ2) is 9.08. The number of amides is 1. The number of hydrogen-bond acceptors (Lipinski definition) is 7. The molecular weight excluding hydrogens is 610 g/mol. The molecule has 8 nitrogen and oxygen atoms in total. The average molecular weight is 623 g/mol. The maximum atomic E-state index is 12.8.